The van der Waals surface area contributed by atoms with Crippen LogP contribution in [-0.2, 0) is 5.41 Å². The summed E-state index contributed by atoms with van der Waals surface area (Å²) in [5.74, 6) is 3.88. The van der Waals surface area contributed by atoms with Crippen LogP contribution in [0.25, 0.3) is 42.9 Å². The molecule has 6 aromatic carbocycles. The second-order valence-corrected chi connectivity index (χ2v) is 12.7. The van der Waals surface area contributed by atoms with Crippen LogP contribution >= 0.6 is 11.3 Å². The highest BCUT2D eigenvalue weighted by Crippen LogP contribution is 2.62. The van der Waals surface area contributed by atoms with Crippen LogP contribution in [0.15, 0.2) is 146 Å². The number of ether oxygens (including phenoxy) is 2. The number of hydrogen-bond donors (Lipinski definition) is 0. The van der Waals surface area contributed by atoms with E-state index in [1.54, 1.807) is 11.3 Å². The van der Waals surface area contributed by atoms with E-state index in [-0.39, 0.29) is 0 Å². The summed E-state index contributed by atoms with van der Waals surface area (Å²) in [6, 6.07) is 50.4. The van der Waals surface area contributed by atoms with Gasteiger partial charge in [-0.2, -0.15) is 0 Å². The molecule has 1 unspecified atom stereocenters. The highest BCUT2D eigenvalue weighted by Gasteiger charge is 2.51. The maximum atomic E-state index is 6.77. The van der Waals surface area contributed by atoms with E-state index >= 15 is 0 Å². The van der Waals surface area contributed by atoms with Crippen molar-refractivity contribution in [2.45, 2.75) is 5.41 Å². The van der Waals surface area contributed by atoms with Crippen LogP contribution in [0.1, 0.15) is 22.3 Å². The first-order valence-electron chi connectivity index (χ1n) is 15.3. The Bertz CT molecular complexity index is 2490. The van der Waals surface area contributed by atoms with Gasteiger partial charge in [0.15, 0.2) is 5.82 Å². The topological polar surface area (TPSA) is 44.2 Å². The molecule has 0 aliphatic carbocycles. The Morgan fingerprint density at radius 2 is 1.20 bits per heavy atom. The smallest absolute Gasteiger partial charge is 0.160 e. The zero-order chi connectivity index (χ0) is 30.2. The number of rotatable bonds is 3. The van der Waals surface area contributed by atoms with E-state index in [9.17, 15) is 0 Å². The second-order valence-electron chi connectivity index (χ2n) is 11.7. The Hall–Kier alpha value is -5.78. The van der Waals surface area contributed by atoms with Crippen molar-refractivity contribution < 1.29 is 9.47 Å². The van der Waals surface area contributed by atoms with Crippen LogP contribution < -0.4 is 9.47 Å². The molecule has 2 aromatic heterocycles. The Morgan fingerprint density at radius 3 is 2.04 bits per heavy atom. The molecule has 10 rings (SSSR count). The number of para-hydroxylation sites is 1. The molecule has 0 fully saturated rings. The van der Waals surface area contributed by atoms with Gasteiger partial charge < -0.3 is 9.47 Å². The molecule has 5 heteroatoms. The van der Waals surface area contributed by atoms with Crippen LogP contribution in [0.2, 0.25) is 0 Å². The van der Waals surface area contributed by atoms with Crippen molar-refractivity contribution in [3.63, 3.8) is 0 Å². The molecular weight excluding hydrogens is 585 g/mol. The Morgan fingerprint density at radius 1 is 0.522 bits per heavy atom. The number of fused-ring (bicyclic) bond motifs is 7. The summed E-state index contributed by atoms with van der Waals surface area (Å²) in [6.45, 7) is 0. The second kappa shape index (κ2) is 9.61. The summed E-state index contributed by atoms with van der Waals surface area (Å²) in [4.78, 5) is 10.4. The molecule has 46 heavy (non-hydrogen) atoms. The molecule has 4 heterocycles. The van der Waals surface area contributed by atoms with Crippen LogP contribution in [0, 0.1) is 0 Å². The van der Waals surface area contributed by atoms with E-state index in [0.717, 1.165) is 77.7 Å². The zero-order valence-corrected chi connectivity index (χ0v) is 25.3. The quantitative estimate of drug-likeness (QED) is 0.200. The van der Waals surface area contributed by atoms with Crippen molar-refractivity contribution in [2.24, 2.45) is 0 Å². The minimum atomic E-state index is -0.627. The van der Waals surface area contributed by atoms with Gasteiger partial charge in [-0.25, -0.2) is 9.97 Å². The predicted octanol–water partition coefficient (Wildman–Crippen LogP) is 10.8. The monoisotopic (exact) mass is 608 g/mol. The van der Waals surface area contributed by atoms with Crippen molar-refractivity contribution in [1.29, 1.82) is 0 Å². The highest BCUT2D eigenvalue weighted by atomic mass is 32.1. The summed E-state index contributed by atoms with van der Waals surface area (Å²) in [5, 5.41) is 1.14. The minimum absolute atomic E-state index is 0.627. The number of hydrogen-bond acceptors (Lipinski definition) is 5. The molecule has 0 amide bonds. The molecule has 1 atom stereocenters. The average molecular weight is 609 g/mol. The van der Waals surface area contributed by atoms with Crippen LogP contribution in [-0.4, -0.2) is 9.97 Å². The van der Waals surface area contributed by atoms with Gasteiger partial charge in [0, 0.05) is 32.3 Å². The zero-order valence-electron chi connectivity index (χ0n) is 24.5. The average Bonchev–Trinajstić information content (AvgIpc) is 3.50. The lowest BCUT2D eigenvalue weighted by molar-refractivity contribution is 0.385. The normalized spacial score (nSPS) is 15.8. The van der Waals surface area contributed by atoms with Gasteiger partial charge in [0.2, 0.25) is 0 Å². The lowest BCUT2D eigenvalue weighted by Crippen LogP contribution is -2.36. The highest BCUT2D eigenvalue weighted by molar-refractivity contribution is 7.26. The fourth-order valence-corrected chi connectivity index (χ4v) is 8.43. The van der Waals surface area contributed by atoms with Gasteiger partial charge in [0.1, 0.15) is 23.0 Å². The van der Waals surface area contributed by atoms with E-state index in [4.69, 9.17) is 19.4 Å². The number of nitrogens with zero attached hydrogens (tertiary/aromatic N) is 2. The van der Waals surface area contributed by atoms with Crippen molar-refractivity contribution in [2.75, 3.05) is 0 Å². The Kier molecular flexibility index (Phi) is 5.33. The van der Waals surface area contributed by atoms with Crippen molar-refractivity contribution in [1.82, 2.24) is 9.97 Å². The standard InChI is InChI=1S/C41H24N2O2S/c1-3-12-25(13-4-1)37-39-38(28-16-7-10-21-35(28)46-39)43-40(42-37)26-22-23-30-34(24-26)45-33-20-11-19-32-36(33)41(30,27-14-5-2-6-15-27)29-17-8-9-18-31(29)44-32/h1-24H. The third kappa shape index (κ3) is 3.49. The fraction of sp³-hybridized carbons (Fsp3) is 0.0244. The van der Waals surface area contributed by atoms with Gasteiger partial charge in [-0.05, 0) is 35.9 Å². The van der Waals surface area contributed by atoms with Gasteiger partial charge >= 0.3 is 0 Å². The lowest BCUT2D eigenvalue weighted by Gasteiger charge is -2.45. The molecule has 0 spiro atoms. The molecule has 0 radical (unpaired) electrons. The third-order valence-corrected chi connectivity index (χ3v) is 10.4. The van der Waals surface area contributed by atoms with Crippen LogP contribution in [0.4, 0.5) is 0 Å². The van der Waals surface area contributed by atoms with Gasteiger partial charge in [0.05, 0.1) is 26.9 Å². The molecule has 2 aliphatic heterocycles. The van der Waals surface area contributed by atoms with Crippen LogP contribution in [0.3, 0.4) is 0 Å². The SMILES string of the molecule is c1ccc(-c2nc(-c3ccc4c(c3)Oc3cccc5c3C4(c3ccccc3)c3ccccc3O5)nc3c2sc2ccccc23)cc1. The first kappa shape index (κ1) is 25.5. The minimum Gasteiger partial charge on any atom is -0.457 e. The maximum absolute atomic E-state index is 6.77. The molecule has 0 saturated heterocycles. The molecule has 0 saturated carbocycles. The number of aromatic nitrogens is 2. The third-order valence-electron chi connectivity index (χ3n) is 9.21. The summed E-state index contributed by atoms with van der Waals surface area (Å²) < 4.78 is 15.6. The van der Waals surface area contributed by atoms with Crippen molar-refractivity contribution in [3.05, 3.63) is 168 Å². The lowest BCUT2D eigenvalue weighted by atomic mass is 9.62. The predicted molar refractivity (Wildman–Crippen MR) is 184 cm³/mol. The van der Waals surface area contributed by atoms with E-state index in [0.29, 0.717) is 5.82 Å². The molecule has 216 valence electrons. The van der Waals surface area contributed by atoms with Crippen molar-refractivity contribution in [3.8, 4) is 45.6 Å². The molecule has 2 aliphatic rings. The number of benzene rings is 6. The first-order chi connectivity index (χ1) is 22.8. The fourth-order valence-electron chi connectivity index (χ4n) is 7.28. The number of thiophene rings is 1. The summed E-state index contributed by atoms with van der Waals surface area (Å²) in [5.41, 5.74) is 7.58. The van der Waals surface area contributed by atoms with Crippen LogP contribution in [0.5, 0.6) is 23.0 Å². The Labute approximate surface area is 269 Å². The summed E-state index contributed by atoms with van der Waals surface area (Å²) >= 11 is 1.74. The molecular formula is C41H24N2O2S. The summed E-state index contributed by atoms with van der Waals surface area (Å²) in [7, 11) is 0. The Balaban J connectivity index is 1.25. The largest absolute Gasteiger partial charge is 0.457 e. The molecule has 0 N–H and O–H groups in total. The maximum Gasteiger partial charge on any atom is 0.160 e. The molecule has 4 nitrogen and oxygen atoms in total. The van der Waals surface area contributed by atoms with Gasteiger partial charge in [0.25, 0.3) is 0 Å². The van der Waals surface area contributed by atoms with Gasteiger partial charge in [-0.1, -0.05) is 115 Å². The summed E-state index contributed by atoms with van der Waals surface area (Å²) in [6.07, 6.45) is 0. The van der Waals surface area contributed by atoms with Gasteiger partial charge in [-0.3, -0.25) is 0 Å². The van der Waals surface area contributed by atoms with E-state index in [1.165, 1.54) is 4.70 Å². The molecule has 0 bridgehead atoms. The van der Waals surface area contributed by atoms with E-state index < -0.39 is 5.41 Å². The van der Waals surface area contributed by atoms with Crippen molar-refractivity contribution >= 4 is 31.6 Å². The molecule has 8 aromatic rings. The van der Waals surface area contributed by atoms with Gasteiger partial charge in [-0.15, -0.1) is 11.3 Å². The van der Waals surface area contributed by atoms with E-state index in [1.807, 2.05) is 30.3 Å². The van der Waals surface area contributed by atoms with E-state index in [2.05, 4.69) is 115 Å². The first-order valence-corrected chi connectivity index (χ1v) is 16.1.